The van der Waals surface area contributed by atoms with Crippen molar-refractivity contribution in [3.63, 3.8) is 0 Å². The number of ether oxygens (including phenoxy) is 1. The standard InChI is InChI=1S/C22H35NO6/c1-4-23-10-18(2)6-5-15(24)21-13-7-11-12(29-3)8-20(27,22(13,28)16(11)25)19(26,17(21)23)9-14(18)21/h11-17,24-28H,4-10H2,1-3H3/t11-,12-,13-,14+,15-,16-,17-,18-,19+,20-,21+,22-/m0/s1. The molecule has 1 heterocycles. The summed E-state index contributed by atoms with van der Waals surface area (Å²) in [6.07, 6.45) is 0.207. The summed E-state index contributed by atoms with van der Waals surface area (Å²) in [5, 5.41) is 59.4. The molecule has 6 aliphatic rings. The van der Waals surface area contributed by atoms with Gasteiger partial charge in [-0.15, -0.1) is 0 Å². The van der Waals surface area contributed by atoms with Crippen LogP contribution < -0.4 is 0 Å². The Morgan fingerprint density at radius 3 is 2.48 bits per heavy atom. The third-order valence-electron chi connectivity index (χ3n) is 10.9. The van der Waals surface area contributed by atoms with E-state index in [9.17, 15) is 25.5 Å². The molecule has 1 spiro atoms. The molecule has 7 nitrogen and oxygen atoms in total. The number of rotatable bonds is 2. The maximum Gasteiger partial charge on any atom is 0.129 e. The van der Waals surface area contributed by atoms with Crippen LogP contribution >= 0.6 is 0 Å². The Kier molecular flexibility index (Phi) is 3.48. The Bertz CT molecular complexity index is 766. The van der Waals surface area contributed by atoms with Crippen molar-refractivity contribution in [2.24, 2.45) is 28.6 Å². The number of aliphatic hydroxyl groups excluding tert-OH is 2. The van der Waals surface area contributed by atoms with Gasteiger partial charge in [0.25, 0.3) is 0 Å². The van der Waals surface area contributed by atoms with Gasteiger partial charge in [-0.05, 0) is 43.6 Å². The third-order valence-corrected chi connectivity index (χ3v) is 10.9. The van der Waals surface area contributed by atoms with Gasteiger partial charge in [-0.1, -0.05) is 13.8 Å². The molecular weight excluding hydrogens is 374 g/mol. The summed E-state index contributed by atoms with van der Waals surface area (Å²) in [6.45, 7) is 5.86. The highest BCUT2D eigenvalue weighted by atomic mass is 16.5. The number of fused-ring (bicyclic) bond motifs is 2. The van der Waals surface area contributed by atoms with E-state index in [1.807, 2.05) is 0 Å². The Balaban J connectivity index is 1.67. The fourth-order valence-corrected chi connectivity index (χ4v) is 10.1. The molecular formula is C22H35NO6. The molecule has 12 atom stereocenters. The van der Waals surface area contributed by atoms with E-state index >= 15 is 0 Å². The SMILES string of the molecule is CCN1C[C@]2(C)CC[C@H](O)[C@@]34[C@@H]2C[C@@](O)([C@H]13)[C@@]1(O)C[C@H](OC)[C@@H]2C[C@@H]4[C@]1(O)[C@H]2O. The first-order valence-corrected chi connectivity index (χ1v) is 11.4. The lowest BCUT2D eigenvalue weighted by Gasteiger charge is -2.71. The molecule has 5 N–H and O–H groups in total. The molecule has 29 heavy (non-hydrogen) atoms. The average Bonchev–Trinajstić information content (AvgIpc) is 3.04. The molecule has 5 aliphatic carbocycles. The molecule has 1 saturated heterocycles. The zero-order valence-corrected chi connectivity index (χ0v) is 17.6. The number of aliphatic hydroxyl groups is 5. The monoisotopic (exact) mass is 409 g/mol. The molecule has 6 rings (SSSR count). The van der Waals surface area contributed by atoms with Crippen LogP contribution in [0.15, 0.2) is 0 Å². The van der Waals surface area contributed by atoms with Crippen molar-refractivity contribution in [2.45, 2.75) is 87.1 Å². The number of hydrogen-bond acceptors (Lipinski definition) is 7. The molecule has 5 saturated carbocycles. The van der Waals surface area contributed by atoms with E-state index in [1.165, 1.54) is 0 Å². The molecule has 0 aromatic rings. The van der Waals surface area contributed by atoms with Gasteiger partial charge >= 0.3 is 0 Å². The summed E-state index contributed by atoms with van der Waals surface area (Å²) in [5.41, 5.74) is -6.12. The second kappa shape index (κ2) is 5.20. The summed E-state index contributed by atoms with van der Waals surface area (Å²) in [4.78, 5) is 2.25. The largest absolute Gasteiger partial charge is 0.392 e. The fraction of sp³-hybridized carbons (Fsp3) is 1.00. The van der Waals surface area contributed by atoms with E-state index in [-0.39, 0.29) is 23.7 Å². The van der Waals surface area contributed by atoms with Crippen molar-refractivity contribution in [3.8, 4) is 0 Å². The lowest BCUT2D eigenvalue weighted by molar-refractivity contribution is -0.364. The highest BCUT2D eigenvalue weighted by molar-refractivity contribution is 5.42. The minimum absolute atomic E-state index is 0.00662. The van der Waals surface area contributed by atoms with E-state index in [0.29, 0.717) is 25.8 Å². The Morgan fingerprint density at radius 1 is 1.10 bits per heavy atom. The number of likely N-dealkylation sites (N-methyl/N-ethyl adjacent to an activating group) is 1. The summed E-state index contributed by atoms with van der Waals surface area (Å²) in [5.74, 6) is -0.766. The van der Waals surface area contributed by atoms with Crippen molar-refractivity contribution in [1.29, 1.82) is 0 Å². The summed E-state index contributed by atoms with van der Waals surface area (Å²) >= 11 is 0. The highest BCUT2D eigenvalue weighted by Gasteiger charge is 2.91. The molecule has 0 radical (unpaired) electrons. The van der Waals surface area contributed by atoms with E-state index in [2.05, 4.69) is 18.7 Å². The third kappa shape index (κ3) is 1.61. The van der Waals surface area contributed by atoms with E-state index < -0.39 is 52.5 Å². The Labute approximate surface area is 171 Å². The highest BCUT2D eigenvalue weighted by Crippen LogP contribution is 2.80. The Hall–Kier alpha value is -0.280. The van der Waals surface area contributed by atoms with Crippen molar-refractivity contribution in [1.82, 2.24) is 4.90 Å². The number of methoxy groups -OCH3 is 1. The van der Waals surface area contributed by atoms with Gasteiger partial charge in [-0.3, -0.25) is 4.90 Å². The van der Waals surface area contributed by atoms with Crippen LogP contribution in [0.2, 0.25) is 0 Å². The lowest BCUT2D eigenvalue weighted by Crippen LogP contribution is -2.87. The predicted octanol–water partition coefficient (Wildman–Crippen LogP) is -0.520. The number of piperidine rings is 1. The first-order chi connectivity index (χ1) is 13.6. The average molecular weight is 410 g/mol. The summed E-state index contributed by atoms with van der Waals surface area (Å²) in [6, 6.07) is -0.426. The minimum Gasteiger partial charge on any atom is -0.392 e. The molecule has 0 amide bonds. The zero-order valence-electron chi connectivity index (χ0n) is 17.6. The normalized spacial score (nSPS) is 67.7. The topological polar surface area (TPSA) is 114 Å². The van der Waals surface area contributed by atoms with Gasteiger partial charge in [0, 0.05) is 37.3 Å². The van der Waals surface area contributed by atoms with Gasteiger partial charge in [-0.25, -0.2) is 0 Å². The molecule has 7 heteroatoms. The lowest BCUT2D eigenvalue weighted by atomic mass is 9.41. The maximum absolute atomic E-state index is 12.3. The van der Waals surface area contributed by atoms with Gasteiger partial charge < -0.3 is 30.3 Å². The van der Waals surface area contributed by atoms with Crippen LogP contribution in [0.5, 0.6) is 0 Å². The van der Waals surface area contributed by atoms with Crippen LogP contribution in [0.25, 0.3) is 0 Å². The van der Waals surface area contributed by atoms with Crippen molar-refractivity contribution in [3.05, 3.63) is 0 Å². The fourth-order valence-electron chi connectivity index (χ4n) is 10.1. The van der Waals surface area contributed by atoms with E-state index in [0.717, 1.165) is 13.0 Å². The minimum atomic E-state index is -1.87. The van der Waals surface area contributed by atoms with Crippen LogP contribution in [0.1, 0.15) is 46.0 Å². The van der Waals surface area contributed by atoms with Gasteiger partial charge in [-0.2, -0.15) is 0 Å². The first-order valence-electron chi connectivity index (χ1n) is 11.4. The predicted molar refractivity (Wildman–Crippen MR) is 103 cm³/mol. The quantitative estimate of drug-likeness (QED) is 0.417. The summed E-state index contributed by atoms with van der Waals surface area (Å²) in [7, 11) is 1.57. The second-order valence-corrected chi connectivity index (χ2v) is 11.4. The van der Waals surface area contributed by atoms with Crippen molar-refractivity contribution < 1.29 is 30.3 Å². The van der Waals surface area contributed by atoms with Gasteiger partial charge in [0.15, 0.2) is 0 Å². The molecule has 0 unspecified atom stereocenters. The number of likely N-dealkylation sites (tertiary alicyclic amines) is 1. The Morgan fingerprint density at radius 2 is 1.83 bits per heavy atom. The van der Waals surface area contributed by atoms with Crippen LogP contribution in [0.4, 0.5) is 0 Å². The molecule has 164 valence electrons. The zero-order chi connectivity index (χ0) is 20.8. The van der Waals surface area contributed by atoms with Crippen molar-refractivity contribution in [2.75, 3.05) is 20.2 Å². The molecule has 1 aliphatic heterocycles. The number of hydrogen-bond donors (Lipinski definition) is 5. The van der Waals surface area contributed by atoms with Gasteiger partial charge in [0.2, 0.25) is 0 Å². The molecule has 0 aromatic heterocycles. The number of nitrogens with zero attached hydrogens (tertiary/aromatic N) is 1. The second-order valence-electron chi connectivity index (χ2n) is 11.4. The molecule has 0 aromatic carbocycles. The summed E-state index contributed by atoms with van der Waals surface area (Å²) < 4.78 is 5.66. The van der Waals surface area contributed by atoms with Crippen molar-refractivity contribution >= 4 is 0 Å². The van der Waals surface area contributed by atoms with E-state index in [1.54, 1.807) is 7.11 Å². The molecule has 7 bridgehead atoms. The maximum atomic E-state index is 12.3. The van der Waals surface area contributed by atoms with Crippen LogP contribution in [0, 0.1) is 28.6 Å². The van der Waals surface area contributed by atoms with Crippen LogP contribution in [-0.4, -0.2) is 91.8 Å². The first kappa shape index (κ1) is 19.4. The van der Waals surface area contributed by atoms with Crippen LogP contribution in [0.3, 0.4) is 0 Å². The van der Waals surface area contributed by atoms with Gasteiger partial charge in [0.05, 0.1) is 24.4 Å². The van der Waals surface area contributed by atoms with Crippen LogP contribution in [-0.2, 0) is 4.74 Å². The van der Waals surface area contributed by atoms with E-state index in [4.69, 9.17) is 4.74 Å². The molecule has 6 fully saturated rings. The van der Waals surface area contributed by atoms with Gasteiger partial charge in [0.1, 0.15) is 16.8 Å². The smallest absolute Gasteiger partial charge is 0.129 e.